The number of nitriles is 1. The van der Waals surface area contributed by atoms with Gasteiger partial charge in [0, 0.05) is 13.0 Å². The molecule has 3 heteroatoms. The predicted octanol–water partition coefficient (Wildman–Crippen LogP) is 2.35. The molecule has 0 atom stereocenters. The summed E-state index contributed by atoms with van der Waals surface area (Å²) in [4.78, 5) is 11.6. The van der Waals surface area contributed by atoms with E-state index in [1.807, 2.05) is 31.2 Å². The molecule has 0 spiro atoms. The highest BCUT2D eigenvalue weighted by molar-refractivity contribution is 5.78. The monoisotopic (exact) mass is 230 g/mol. The lowest BCUT2D eigenvalue weighted by molar-refractivity contribution is -0.120. The Balaban J connectivity index is 2.21. The molecular formula is C14H18N2O. The van der Waals surface area contributed by atoms with Gasteiger partial charge in [0.05, 0.1) is 12.5 Å². The van der Waals surface area contributed by atoms with Gasteiger partial charge in [-0.3, -0.25) is 4.79 Å². The van der Waals surface area contributed by atoms with Crippen molar-refractivity contribution in [2.75, 3.05) is 6.54 Å². The van der Waals surface area contributed by atoms with Crippen molar-refractivity contribution in [1.29, 1.82) is 5.26 Å². The Bertz CT molecular complexity index is 390. The van der Waals surface area contributed by atoms with Gasteiger partial charge in [-0.25, -0.2) is 0 Å². The maximum atomic E-state index is 11.6. The summed E-state index contributed by atoms with van der Waals surface area (Å²) >= 11 is 0. The van der Waals surface area contributed by atoms with Gasteiger partial charge < -0.3 is 5.32 Å². The molecule has 0 unspecified atom stereocenters. The van der Waals surface area contributed by atoms with E-state index in [9.17, 15) is 4.79 Å². The molecule has 0 fully saturated rings. The molecule has 0 bridgehead atoms. The lowest BCUT2D eigenvalue weighted by Gasteiger charge is -2.04. The first kappa shape index (κ1) is 13.2. The standard InChI is InChI=1S/C14H18N2O/c1-12-5-7-13(8-6-12)11-14(17)16-10-4-2-3-9-15/h5-8H,2-4,10-11H2,1H3,(H,16,17). The SMILES string of the molecule is Cc1ccc(CC(=O)NCCCCC#N)cc1. The highest BCUT2D eigenvalue weighted by atomic mass is 16.1. The van der Waals surface area contributed by atoms with Crippen LogP contribution in [-0.4, -0.2) is 12.5 Å². The Hall–Kier alpha value is -1.82. The molecule has 1 amide bonds. The Morgan fingerprint density at radius 1 is 1.29 bits per heavy atom. The summed E-state index contributed by atoms with van der Waals surface area (Å²) < 4.78 is 0. The van der Waals surface area contributed by atoms with Crippen LogP contribution in [0.3, 0.4) is 0 Å². The van der Waals surface area contributed by atoms with Crippen LogP contribution in [0.4, 0.5) is 0 Å². The third-order valence-corrected chi connectivity index (χ3v) is 2.52. The zero-order chi connectivity index (χ0) is 12.5. The molecule has 0 aliphatic carbocycles. The molecule has 1 aromatic rings. The highest BCUT2D eigenvalue weighted by Gasteiger charge is 2.01. The molecule has 0 aliphatic rings. The van der Waals surface area contributed by atoms with E-state index in [2.05, 4.69) is 11.4 Å². The Morgan fingerprint density at radius 2 is 2.00 bits per heavy atom. The average molecular weight is 230 g/mol. The Morgan fingerprint density at radius 3 is 2.65 bits per heavy atom. The fourth-order valence-corrected chi connectivity index (χ4v) is 1.51. The van der Waals surface area contributed by atoms with Crippen LogP contribution in [0.5, 0.6) is 0 Å². The second kappa shape index (κ2) is 7.45. The van der Waals surface area contributed by atoms with Gasteiger partial charge in [-0.15, -0.1) is 0 Å². The average Bonchev–Trinajstić information content (AvgIpc) is 2.32. The predicted molar refractivity (Wildman–Crippen MR) is 67.4 cm³/mol. The first-order valence-corrected chi connectivity index (χ1v) is 5.91. The van der Waals surface area contributed by atoms with Crippen molar-refractivity contribution >= 4 is 5.91 Å². The summed E-state index contributed by atoms with van der Waals surface area (Å²) in [5.74, 6) is 0.0470. The first-order chi connectivity index (χ1) is 8.22. The number of nitrogens with one attached hydrogen (secondary N) is 1. The number of benzene rings is 1. The third kappa shape index (κ3) is 5.72. The minimum Gasteiger partial charge on any atom is -0.356 e. The van der Waals surface area contributed by atoms with E-state index in [1.165, 1.54) is 5.56 Å². The number of amides is 1. The van der Waals surface area contributed by atoms with E-state index in [1.54, 1.807) is 0 Å². The topological polar surface area (TPSA) is 52.9 Å². The molecule has 0 heterocycles. The van der Waals surface area contributed by atoms with Gasteiger partial charge in [-0.05, 0) is 25.3 Å². The van der Waals surface area contributed by atoms with Crippen LogP contribution in [0.1, 0.15) is 30.4 Å². The van der Waals surface area contributed by atoms with E-state index in [0.717, 1.165) is 18.4 Å². The van der Waals surface area contributed by atoms with E-state index >= 15 is 0 Å². The molecule has 1 rings (SSSR count). The maximum absolute atomic E-state index is 11.6. The maximum Gasteiger partial charge on any atom is 0.224 e. The first-order valence-electron chi connectivity index (χ1n) is 5.91. The van der Waals surface area contributed by atoms with Crippen LogP contribution in [-0.2, 0) is 11.2 Å². The van der Waals surface area contributed by atoms with Crippen LogP contribution >= 0.6 is 0 Å². The molecule has 1 N–H and O–H groups in total. The van der Waals surface area contributed by atoms with Gasteiger partial charge in [-0.2, -0.15) is 5.26 Å². The fourth-order valence-electron chi connectivity index (χ4n) is 1.51. The van der Waals surface area contributed by atoms with Gasteiger partial charge in [0.2, 0.25) is 5.91 Å². The summed E-state index contributed by atoms with van der Waals surface area (Å²) in [6.45, 7) is 2.69. The second-order valence-electron chi connectivity index (χ2n) is 4.13. The lowest BCUT2D eigenvalue weighted by atomic mass is 10.1. The van der Waals surface area contributed by atoms with Gasteiger partial charge in [0.25, 0.3) is 0 Å². The molecule has 90 valence electrons. The summed E-state index contributed by atoms with van der Waals surface area (Å²) in [6.07, 6.45) is 2.71. The van der Waals surface area contributed by atoms with Crippen molar-refractivity contribution in [3.05, 3.63) is 35.4 Å². The third-order valence-electron chi connectivity index (χ3n) is 2.52. The fraction of sp³-hybridized carbons (Fsp3) is 0.429. The number of unbranched alkanes of at least 4 members (excludes halogenated alkanes) is 2. The number of hydrogen-bond donors (Lipinski definition) is 1. The molecule has 1 aromatic carbocycles. The smallest absolute Gasteiger partial charge is 0.224 e. The number of carbonyl (C=O) groups excluding carboxylic acids is 1. The summed E-state index contributed by atoms with van der Waals surface area (Å²) in [5, 5.41) is 11.2. The number of aryl methyl sites for hydroxylation is 1. The van der Waals surface area contributed by atoms with E-state index in [4.69, 9.17) is 5.26 Å². The van der Waals surface area contributed by atoms with Crippen LogP contribution in [0.15, 0.2) is 24.3 Å². The zero-order valence-corrected chi connectivity index (χ0v) is 10.2. The lowest BCUT2D eigenvalue weighted by Crippen LogP contribution is -2.26. The Labute approximate surface area is 102 Å². The van der Waals surface area contributed by atoms with Crippen LogP contribution in [0, 0.1) is 18.3 Å². The van der Waals surface area contributed by atoms with Gasteiger partial charge >= 0.3 is 0 Å². The van der Waals surface area contributed by atoms with Gasteiger partial charge in [0.15, 0.2) is 0 Å². The van der Waals surface area contributed by atoms with Gasteiger partial charge in [-0.1, -0.05) is 29.8 Å². The largest absolute Gasteiger partial charge is 0.356 e. The van der Waals surface area contributed by atoms with E-state index in [0.29, 0.717) is 19.4 Å². The van der Waals surface area contributed by atoms with Crippen molar-refractivity contribution in [3.63, 3.8) is 0 Å². The molecule has 0 radical (unpaired) electrons. The second-order valence-corrected chi connectivity index (χ2v) is 4.13. The number of rotatable bonds is 6. The summed E-state index contributed by atoms with van der Waals surface area (Å²) in [7, 11) is 0. The van der Waals surface area contributed by atoms with Crippen molar-refractivity contribution < 1.29 is 4.79 Å². The molecule has 0 aliphatic heterocycles. The molecule has 0 saturated carbocycles. The molecule has 0 saturated heterocycles. The Kier molecular flexibility index (Phi) is 5.81. The van der Waals surface area contributed by atoms with Gasteiger partial charge in [0.1, 0.15) is 0 Å². The van der Waals surface area contributed by atoms with Crippen molar-refractivity contribution in [2.45, 2.75) is 32.6 Å². The minimum atomic E-state index is 0.0470. The molecular weight excluding hydrogens is 212 g/mol. The van der Waals surface area contributed by atoms with Crippen molar-refractivity contribution in [2.24, 2.45) is 0 Å². The minimum absolute atomic E-state index is 0.0470. The number of nitrogens with zero attached hydrogens (tertiary/aromatic N) is 1. The molecule has 3 nitrogen and oxygen atoms in total. The van der Waals surface area contributed by atoms with Crippen molar-refractivity contribution in [1.82, 2.24) is 5.32 Å². The normalized spacial score (nSPS) is 9.65. The summed E-state index contributed by atoms with van der Waals surface area (Å²) in [5.41, 5.74) is 2.23. The quantitative estimate of drug-likeness (QED) is 0.763. The number of hydrogen-bond acceptors (Lipinski definition) is 2. The number of carbonyl (C=O) groups is 1. The van der Waals surface area contributed by atoms with E-state index in [-0.39, 0.29) is 5.91 Å². The molecule has 0 aromatic heterocycles. The van der Waals surface area contributed by atoms with E-state index < -0.39 is 0 Å². The summed E-state index contributed by atoms with van der Waals surface area (Å²) in [6, 6.07) is 10.1. The van der Waals surface area contributed by atoms with Crippen LogP contribution in [0.25, 0.3) is 0 Å². The highest BCUT2D eigenvalue weighted by Crippen LogP contribution is 2.03. The zero-order valence-electron chi connectivity index (χ0n) is 10.2. The van der Waals surface area contributed by atoms with Crippen LogP contribution < -0.4 is 5.32 Å². The molecule has 17 heavy (non-hydrogen) atoms. The van der Waals surface area contributed by atoms with Crippen LogP contribution in [0.2, 0.25) is 0 Å². The van der Waals surface area contributed by atoms with Crippen molar-refractivity contribution in [3.8, 4) is 6.07 Å².